The summed E-state index contributed by atoms with van der Waals surface area (Å²) in [5.74, 6) is 1.41. The molecule has 3 rings (SSSR count). The van der Waals surface area contributed by atoms with E-state index in [0.717, 1.165) is 0 Å². The highest BCUT2D eigenvalue weighted by Crippen LogP contribution is 2.43. The van der Waals surface area contributed by atoms with Gasteiger partial charge in [0.25, 0.3) is 0 Å². The number of hydrogen-bond donors (Lipinski definition) is 1. The highest BCUT2D eigenvalue weighted by atomic mass is 35.5. The molecule has 6 nitrogen and oxygen atoms in total. The second-order valence-electron chi connectivity index (χ2n) is 5.78. The maximum absolute atomic E-state index is 12.4. The Hall–Kier alpha value is -3.43. The molecule has 0 aliphatic rings. The molecule has 0 spiro atoms. The Kier molecular flexibility index (Phi) is 5.57. The fourth-order valence-corrected chi connectivity index (χ4v) is 3.08. The van der Waals surface area contributed by atoms with Crippen LogP contribution in [0.3, 0.4) is 0 Å². The molecule has 142 valence electrons. The number of halogens is 1. The number of benzene rings is 2. The molecule has 1 heterocycles. The lowest BCUT2D eigenvalue weighted by atomic mass is 9.96. The SMILES string of the molecule is CNc1c(-c2ccc(OC)cc2OC)c(-c2ccc(Cl)cc2)oc(=O)c1C#N. The van der Waals surface area contributed by atoms with Crippen molar-refractivity contribution in [3.05, 3.63) is 63.5 Å². The van der Waals surface area contributed by atoms with E-state index in [4.69, 9.17) is 25.5 Å². The maximum Gasteiger partial charge on any atom is 0.356 e. The molecule has 0 radical (unpaired) electrons. The topological polar surface area (TPSA) is 84.5 Å². The summed E-state index contributed by atoms with van der Waals surface area (Å²) in [5, 5.41) is 13.0. The van der Waals surface area contributed by atoms with Crippen LogP contribution < -0.4 is 20.4 Å². The van der Waals surface area contributed by atoms with Crippen molar-refractivity contribution in [2.45, 2.75) is 0 Å². The smallest absolute Gasteiger partial charge is 0.356 e. The van der Waals surface area contributed by atoms with Crippen molar-refractivity contribution in [2.24, 2.45) is 0 Å². The molecule has 0 unspecified atom stereocenters. The molecule has 1 N–H and O–H groups in total. The summed E-state index contributed by atoms with van der Waals surface area (Å²) in [6.45, 7) is 0. The normalized spacial score (nSPS) is 10.2. The fraction of sp³-hybridized carbons (Fsp3) is 0.143. The van der Waals surface area contributed by atoms with Crippen LogP contribution in [-0.2, 0) is 0 Å². The molecule has 0 amide bonds. The van der Waals surface area contributed by atoms with Crippen LogP contribution in [0.25, 0.3) is 22.5 Å². The van der Waals surface area contributed by atoms with Gasteiger partial charge in [-0.05, 0) is 36.4 Å². The molecule has 28 heavy (non-hydrogen) atoms. The summed E-state index contributed by atoms with van der Waals surface area (Å²) in [6.07, 6.45) is 0. The van der Waals surface area contributed by atoms with E-state index in [-0.39, 0.29) is 5.56 Å². The molecule has 2 aromatic carbocycles. The average Bonchev–Trinajstić information content (AvgIpc) is 2.73. The van der Waals surface area contributed by atoms with Crippen LogP contribution in [-0.4, -0.2) is 21.3 Å². The second-order valence-corrected chi connectivity index (χ2v) is 6.21. The Morgan fingerprint density at radius 1 is 1.11 bits per heavy atom. The largest absolute Gasteiger partial charge is 0.497 e. The van der Waals surface area contributed by atoms with Crippen LogP contribution in [0.2, 0.25) is 5.02 Å². The van der Waals surface area contributed by atoms with E-state index in [1.807, 2.05) is 6.07 Å². The molecular formula is C21H17ClN2O4. The van der Waals surface area contributed by atoms with Gasteiger partial charge in [-0.2, -0.15) is 5.26 Å². The van der Waals surface area contributed by atoms with Gasteiger partial charge in [0.1, 0.15) is 23.3 Å². The van der Waals surface area contributed by atoms with Gasteiger partial charge in [0, 0.05) is 29.3 Å². The van der Waals surface area contributed by atoms with Crippen molar-refractivity contribution < 1.29 is 13.9 Å². The van der Waals surface area contributed by atoms with Crippen LogP contribution in [0.4, 0.5) is 5.69 Å². The van der Waals surface area contributed by atoms with Crippen molar-refractivity contribution in [3.63, 3.8) is 0 Å². The fourth-order valence-electron chi connectivity index (χ4n) is 2.95. The van der Waals surface area contributed by atoms with Gasteiger partial charge in [0.2, 0.25) is 0 Å². The van der Waals surface area contributed by atoms with Crippen molar-refractivity contribution in [1.29, 1.82) is 5.26 Å². The predicted molar refractivity (Wildman–Crippen MR) is 108 cm³/mol. The van der Waals surface area contributed by atoms with Gasteiger partial charge in [0.05, 0.1) is 25.5 Å². The van der Waals surface area contributed by atoms with Crippen LogP contribution >= 0.6 is 11.6 Å². The first-order valence-electron chi connectivity index (χ1n) is 8.31. The van der Waals surface area contributed by atoms with Gasteiger partial charge in [0.15, 0.2) is 5.56 Å². The molecule has 0 saturated carbocycles. The Morgan fingerprint density at radius 3 is 2.39 bits per heavy atom. The summed E-state index contributed by atoms with van der Waals surface area (Å²) >= 11 is 5.99. The minimum absolute atomic E-state index is 0.118. The zero-order chi connectivity index (χ0) is 20.3. The average molecular weight is 397 g/mol. The minimum Gasteiger partial charge on any atom is -0.497 e. The van der Waals surface area contributed by atoms with Crippen molar-refractivity contribution in [3.8, 4) is 40.0 Å². The molecule has 0 aliphatic carbocycles. The summed E-state index contributed by atoms with van der Waals surface area (Å²) in [5.41, 5.74) is 1.31. The highest BCUT2D eigenvalue weighted by molar-refractivity contribution is 6.30. The Balaban J connectivity index is 2.43. The molecule has 0 fully saturated rings. The van der Waals surface area contributed by atoms with Gasteiger partial charge >= 0.3 is 5.63 Å². The van der Waals surface area contributed by atoms with E-state index >= 15 is 0 Å². The van der Waals surface area contributed by atoms with Gasteiger partial charge in [-0.1, -0.05) is 11.6 Å². The summed E-state index contributed by atoms with van der Waals surface area (Å²) in [7, 11) is 4.73. The lowest BCUT2D eigenvalue weighted by Crippen LogP contribution is -2.11. The lowest BCUT2D eigenvalue weighted by Gasteiger charge is -2.17. The van der Waals surface area contributed by atoms with Crippen LogP contribution in [0.1, 0.15) is 5.56 Å². The van der Waals surface area contributed by atoms with E-state index in [9.17, 15) is 10.1 Å². The first kappa shape index (κ1) is 19.3. The number of anilines is 1. The first-order chi connectivity index (χ1) is 13.5. The Bertz CT molecular complexity index is 1110. The number of methoxy groups -OCH3 is 2. The third-order valence-electron chi connectivity index (χ3n) is 4.27. The van der Waals surface area contributed by atoms with Gasteiger partial charge in [-0.3, -0.25) is 0 Å². The highest BCUT2D eigenvalue weighted by Gasteiger charge is 2.24. The van der Waals surface area contributed by atoms with Crippen molar-refractivity contribution in [1.82, 2.24) is 0 Å². The number of hydrogen-bond acceptors (Lipinski definition) is 6. The van der Waals surface area contributed by atoms with Crippen LogP contribution in [0.15, 0.2) is 51.7 Å². The summed E-state index contributed by atoms with van der Waals surface area (Å²) in [4.78, 5) is 12.4. The van der Waals surface area contributed by atoms with E-state index in [2.05, 4.69) is 5.32 Å². The molecular weight excluding hydrogens is 380 g/mol. The second kappa shape index (κ2) is 8.07. The van der Waals surface area contributed by atoms with Crippen molar-refractivity contribution in [2.75, 3.05) is 26.6 Å². The Labute approximate surface area is 166 Å². The number of nitrogens with zero attached hydrogens (tertiary/aromatic N) is 1. The molecule has 0 bridgehead atoms. The zero-order valence-electron chi connectivity index (χ0n) is 15.5. The van der Waals surface area contributed by atoms with E-state index in [0.29, 0.717) is 44.7 Å². The lowest BCUT2D eigenvalue weighted by molar-refractivity contribution is 0.395. The summed E-state index contributed by atoms with van der Waals surface area (Å²) in [6, 6.07) is 14.1. The van der Waals surface area contributed by atoms with Gasteiger partial charge < -0.3 is 19.2 Å². The van der Waals surface area contributed by atoms with Gasteiger partial charge in [-0.25, -0.2) is 4.79 Å². The molecule has 1 aromatic heterocycles. The standard InChI is InChI=1S/C21H17ClN2O4/c1-24-19-16(11-23)21(25)28-20(12-4-6-13(22)7-5-12)18(19)15-9-8-14(26-2)10-17(15)27-3/h4-10,24H,1-3H3. The number of nitrogens with one attached hydrogen (secondary N) is 1. The number of nitriles is 1. The maximum atomic E-state index is 12.4. The predicted octanol–water partition coefficient (Wildman–Crippen LogP) is 4.56. The van der Waals surface area contributed by atoms with Crippen molar-refractivity contribution >= 4 is 17.3 Å². The molecule has 7 heteroatoms. The van der Waals surface area contributed by atoms with Crippen LogP contribution in [0.5, 0.6) is 11.5 Å². The van der Waals surface area contributed by atoms with E-state index in [1.165, 1.54) is 7.11 Å². The molecule has 0 aliphatic heterocycles. The molecule has 0 atom stereocenters. The number of rotatable bonds is 5. The van der Waals surface area contributed by atoms with Crippen LogP contribution in [0, 0.1) is 11.3 Å². The first-order valence-corrected chi connectivity index (χ1v) is 8.69. The third kappa shape index (κ3) is 3.40. The number of ether oxygens (including phenoxy) is 2. The third-order valence-corrected chi connectivity index (χ3v) is 4.52. The van der Waals surface area contributed by atoms with Gasteiger partial charge in [-0.15, -0.1) is 0 Å². The van der Waals surface area contributed by atoms with E-state index < -0.39 is 5.63 Å². The molecule has 0 saturated heterocycles. The monoisotopic (exact) mass is 396 g/mol. The molecule has 3 aromatic rings. The zero-order valence-corrected chi connectivity index (χ0v) is 16.3. The Morgan fingerprint density at radius 2 is 1.82 bits per heavy atom. The quantitative estimate of drug-likeness (QED) is 0.680. The summed E-state index contributed by atoms with van der Waals surface area (Å²) < 4.78 is 16.3. The minimum atomic E-state index is -0.729. The van der Waals surface area contributed by atoms with E-state index in [1.54, 1.807) is 56.6 Å².